The van der Waals surface area contributed by atoms with Crippen LogP contribution in [-0.4, -0.2) is 21.9 Å². The lowest BCUT2D eigenvalue weighted by Crippen LogP contribution is -2.16. The summed E-state index contributed by atoms with van der Waals surface area (Å²) < 4.78 is 5.75. The number of hydrogen-bond acceptors (Lipinski definition) is 5. The van der Waals surface area contributed by atoms with Crippen molar-refractivity contribution in [2.75, 3.05) is 10.6 Å². The predicted molar refractivity (Wildman–Crippen MR) is 106 cm³/mol. The Morgan fingerprint density at radius 1 is 1.04 bits per heavy atom. The highest BCUT2D eigenvalue weighted by atomic mass is 16.5. The second-order valence-corrected chi connectivity index (χ2v) is 6.34. The van der Waals surface area contributed by atoms with Gasteiger partial charge in [-0.25, -0.2) is 9.97 Å². The van der Waals surface area contributed by atoms with Gasteiger partial charge in [-0.15, -0.1) is 0 Å². The largest absolute Gasteiger partial charge is 0.489 e. The first kappa shape index (κ1) is 18.4. The van der Waals surface area contributed by atoms with Crippen LogP contribution in [0.25, 0.3) is 0 Å². The summed E-state index contributed by atoms with van der Waals surface area (Å²) in [7, 11) is 0. The van der Waals surface area contributed by atoms with Crippen LogP contribution in [0.3, 0.4) is 0 Å². The minimum atomic E-state index is -0.290. The van der Waals surface area contributed by atoms with E-state index in [-0.39, 0.29) is 11.9 Å². The van der Waals surface area contributed by atoms with Gasteiger partial charge in [0.25, 0.3) is 5.91 Å². The molecule has 0 spiro atoms. The standard InChI is InChI=1S/C21H22N4O2/c1-15(2)24-20-12-19(22-14-23-20)21(26)25-17-8-10-18(11-9-17)27-13-16-6-4-3-5-7-16/h3-12,14-15H,13H2,1-2H3,(H,25,26)(H,22,23,24). The molecule has 0 saturated carbocycles. The molecule has 6 nitrogen and oxygen atoms in total. The van der Waals surface area contributed by atoms with Gasteiger partial charge in [0.15, 0.2) is 0 Å². The zero-order valence-corrected chi connectivity index (χ0v) is 15.3. The van der Waals surface area contributed by atoms with Crippen LogP contribution in [-0.2, 0) is 6.61 Å². The molecule has 1 aromatic heterocycles. The van der Waals surface area contributed by atoms with E-state index in [9.17, 15) is 4.79 Å². The molecule has 1 heterocycles. The van der Waals surface area contributed by atoms with Crippen molar-refractivity contribution in [1.29, 1.82) is 0 Å². The summed E-state index contributed by atoms with van der Waals surface area (Å²) in [4.78, 5) is 20.5. The third-order valence-electron chi connectivity index (χ3n) is 3.70. The van der Waals surface area contributed by atoms with Gasteiger partial charge in [0, 0.05) is 17.8 Å². The van der Waals surface area contributed by atoms with Gasteiger partial charge in [0.1, 0.15) is 30.2 Å². The van der Waals surface area contributed by atoms with Gasteiger partial charge in [-0.3, -0.25) is 4.79 Å². The number of carbonyl (C=O) groups is 1. The Morgan fingerprint density at radius 3 is 2.48 bits per heavy atom. The van der Waals surface area contributed by atoms with E-state index in [2.05, 4.69) is 20.6 Å². The monoisotopic (exact) mass is 362 g/mol. The summed E-state index contributed by atoms with van der Waals surface area (Å²) >= 11 is 0. The van der Waals surface area contributed by atoms with Crippen LogP contribution < -0.4 is 15.4 Å². The summed E-state index contributed by atoms with van der Waals surface area (Å²) in [5.41, 5.74) is 2.08. The predicted octanol–water partition coefficient (Wildman–Crippen LogP) is 4.13. The van der Waals surface area contributed by atoms with Crippen molar-refractivity contribution in [1.82, 2.24) is 9.97 Å². The molecule has 0 atom stereocenters. The quantitative estimate of drug-likeness (QED) is 0.661. The molecule has 3 aromatic rings. The molecule has 27 heavy (non-hydrogen) atoms. The Hall–Kier alpha value is -3.41. The summed E-state index contributed by atoms with van der Waals surface area (Å²) in [5, 5.41) is 5.98. The molecule has 0 fully saturated rings. The first-order valence-corrected chi connectivity index (χ1v) is 8.77. The van der Waals surface area contributed by atoms with Gasteiger partial charge < -0.3 is 15.4 Å². The Labute approximate surface area is 158 Å². The average Bonchev–Trinajstić information content (AvgIpc) is 2.68. The smallest absolute Gasteiger partial charge is 0.274 e. The third kappa shape index (κ3) is 5.54. The van der Waals surface area contributed by atoms with Crippen LogP contribution in [0.1, 0.15) is 29.9 Å². The molecule has 1 amide bonds. The molecule has 0 unspecified atom stereocenters. The number of carbonyl (C=O) groups excluding carboxylic acids is 1. The van der Waals surface area contributed by atoms with Crippen molar-refractivity contribution < 1.29 is 9.53 Å². The van der Waals surface area contributed by atoms with E-state index in [1.165, 1.54) is 6.33 Å². The highest BCUT2D eigenvalue weighted by Crippen LogP contribution is 2.18. The summed E-state index contributed by atoms with van der Waals surface area (Å²) in [5.74, 6) is 1.07. The van der Waals surface area contributed by atoms with E-state index in [0.717, 1.165) is 11.3 Å². The molecular weight excluding hydrogens is 340 g/mol. The minimum Gasteiger partial charge on any atom is -0.489 e. The van der Waals surface area contributed by atoms with E-state index in [4.69, 9.17) is 4.74 Å². The number of anilines is 2. The maximum atomic E-state index is 12.4. The van der Waals surface area contributed by atoms with Gasteiger partial charge in [-0.1, -0.05) is 30.3 Å². The molecule has 0 bridgehead atoms. The number of hydrogen-bond donors (Lipinski definition) is 2. The number of amides is 1. The van der Waals surface area contributed by atoms with E-state index < -0.39 is 0 Å². The Kier molecular flexibility index (Phi) is 5.99. The van der Waals surface area contributed by atoms with E-state index in [0.29, 0.717) is 23.8 Å². The van der Waals surface area contributed by atoms with Crippen molar-refractivity contribution >= 4 is 17.4 Å². The molecule has 0 aliphatic heterocycles. The molecule has 0 aliphatic rings. The highest BCUT2D eigenvalue weighted by Gasteiger charge is 2.10. The fraction of sp³-hybridized carbons (Fsp3) is 0.190. The van der Waals surface area contributed by atoms with Crippen LogP contribution in [0.4, 0.5) is 11.5 Å². The van der Waals surface area contributed by atoms with Gasteiger partial charge in [0.2, 0.25) is 0 Å². The molecule has 2 aromatic carbocycles. The van der Waals surface area contributed by atoms with Crippen molar-refractivity contribution in [2.24, 2.45) is 0 Å². The molecule has 0 radical (unpaired) electrons. The van der Waals surface area contributed by atoms with E-state index >= 15 is 0 Å². The first-order valence-electron chi connectivity index (χ1n) is 8.77. The maximum absolute atomic E-state index is 12.4. The van der Waals surface area contributed by atoms with Crippen LogP contribution in [0.5, 0.6) is 5.75 Å². The van der Waals surface area contributed by atoms with Crippen molar-refractivity contribution in [2.45, 2.75) is 26.5 Å². The zero-order valence-electron chi connectivity index (χ0n) is 15.3. The number of rotatable bonds is 7. The number of nitrogens with zero attached hydrogens (tertiary/aromatic N) is 2. The molecule has 138 valence electrons. The topological polar surface area (TPSA) is 76.1 Å². The average molecular weight is 362 g/mol. The Morgan fingerprint density at radius 2 is 1.78 bits per heavy atom. The fourth-order valence-corrected chi connectivity index (χ4v) is 2.43. The summed E-state index contributed by atoms with van der Waals surface area (Å²) in [6, 6.07) is 19.1. The third-order valence-corrected chi connectivity index (χ3v) is 3.70. The van der Waals surface area contributed by atoms with E-state index in [1.54, 1.807) is 18.2 Å². The van der Waals surface area contributed by atoms with Gasteiger partial charge in [0.05, 0.1) is 0 Å². The summed E-state index contributed by atoms with van der Waals surface area (Å²) in [6.45, 7) is 4.51. The second kappa shape index (κ2) is 8.80. The lowest BCUT2D eigenvalue weighted by Gasteiger charge is -2.10. The van der Waals surface area contributed by atoms with Crippen LogP contribution in [0.15, 0.2) is 67.0 Å². The number of aromatic nitrogens is 2. The van der Waals surface area contributed by atoms with Crippen LogP contribution in [0.2, 0.25) is 0 Å². The maximum Gasteiger partial charge on any atom is 0.274 e. The normalized spacial score (nSPS) is 10.5. The fourth-order valence-electron chi connectivity index (χ4n) is 2.43. The molecular formula is C21H22N4O2. The molecule has 2 N–H and O–H groups in total. The van der Waals surface area contributed by atoms with Crippen molar-refractivity contribution in [3.05, 3.63) is 78.2 Å². The van der Waals surface area contributed by atoms with Gasteiger partial charge >= 0.3 is 0 Å². The van der Waals surface area contributed by atoms with Crippen LogP contribution >= 0.6 is 0 Å². The van der Waals surface area contributed by atoms with Crippen molar-refractivity contribution in [3.63, 3.8) is 0 Å². The lowest BCUT2D eigenvalue weighted by molar-refractivity contribution is 0.102. The molecule has 0 saturated heterocycles. The van der Waals surface area contributed by atoms with Gasteiger partial charge in [-0.2, -0.15) is 0 Å². The lowest BCUT2D eigenvalue weighted by atomic mass is 10.2. The Bertz CT molecular complexity index is 880. The molecule has 3 rings (SSSR count). The van der Waals surface area contributed by atoms with Gasteiger partial charge in [-0.05, 0) is 43.7 Å². The highest BCUT2D eigenvalue weighted by molar-refractivity contribution is 6.03. The number of ether oxygens (including phenoxy) is 1. The van der Waals surface area contributed by atoms with E-state index in [1.807, 2.05) is 56.3 Å². The molecule has 0 aliphatic carbocycles. The number of nitrogens with one attached hydrogen (secondary N) is 2. The summed E-state index contributed by atoms with van der Waals surface area (Å²) in [6.07, 6.45) is 1.38. The first-order chi connectivity index (χ1) is 13.1. The molecule has 6 heteroatoms. The Balaban J connectivity index is 1.58. The zero-order chi connectivity index (χ0) is 19.1. The number of benzene rings is 2. The van der Waals surface area contributed by atoms with Crippen molar-refractivity contribution in [3.8, 4) is 5.75 Å². The SMILES string of the molecule is CC(C)Nc1cc(C(=O)Nc2ccc(OCc3ccccc3)cc2)ncn1. The minimum absolute atomic E-state index is 0.222. The second-order valence-electron chi connectivity index (χ2n) is 6.34. The van der Waals surface area contributed by atoms with Crippen LogP contribution in [0, 0.1) is 0 Å².